The molecule has 1 fully saturated rings. The summed E-state index contributed by atoms with van der Waals surface area (Å²) in [4.78, 5) is 0. The predicted octanol–water partition coefficient (Wildman–Crippen LogP) is 1.34. The third-order valence-electron chi connectivity index (χ3n) is 3.25. The average Bonchev–Trinajstić information content (AvgIpc) is 2.50. The Morgan fingerprint density at radius 3 is 2.71 bits per heavy atom. The highest BCUT2D eigenvalue weighted by molar-refractivity contribution is 7.93. The summed E-state index contributed by atoms with van der Waals surface area (Å²) in [5.74, 6) is 5.68. The largest absolute Gasteiger partial charge is 0.395 e. The summed E-state index contributed by atoms with van der Waals surface area (Å²) in [7, 11) is -3.44. The molecule has 0 radical (unpaired) electrons. The van der Waals surface area contributed by atoms with Crippen molar-refractivity contribution in [3.8, 4) is 11.8 Å². The number of ether oxygens (including phenoxy) is 1. The molecule has 2 N–H and O–H groups in total. The van der Waals surface area contributed by atoms with E-state index in [9.17, 15) is 8.42 Å². The van der Waals surface area contributed by atoms with Crippen LogP contribution in [0, 0.1) is 11.8 Å². The minimum atomic E-state index is -3.44. The minimum Gasteiger partial charge on any atom is -0.395 e. The van der Waals surface area contributed by atoms with Crippen molar-refractivity contribution in [1.82, 2.24) is 0 Å². The molecule has 114 valence electrons. The number of hydrogen-bond donors (Lipinski definition) is 2. The van der Waals surface area contributed by atoms with E-state index in [1.54, 1.807) is 24.3 Å². The normalized spacial score (nSPS) is 16.0. The van der Waals surface area contributed by atoms with Crippen molar-refractivity contribution in [3.05, 3.63) is 29.8 Å². The molecular formula is C15H19NO4S. The topological polar surface area (TPSA) is 75.6 Å². The molecule has 2 rings (SSSR count). The lowest BCUT2D eigenvalue weighted by molar-refractivity contribution is 0.0984. The second-order valence-corrected chi connectivity index (χ2v) is 6.74. The zero-order chi connectivity index (χ0) is 15.1. The standard InChI is InChI=1S/C15H19NO4S/c17-10-4-3-6-13-5-1-2-7-15(13)16-21(18,19)14-8-11-20-12-9-14/h1-2,5,7,14,16-17H,4,8-12H2. The Labute approximate surface area is 125 Å². The van der Waals surface area contributed by atoms with Gasteiger partial charge in [-0.1, -0.05) is 24.0 Å². The van der Waals surface area contributed by atoms with Crippen LogP contribution in [0.1, 0.15) is 24.8 Å². The van der Waals surface area contributed by atoms with Gasteiger partial charge in [-0.3, -0.25) is 4.72 Å². The van der Waals surface area contributed by atoms with E-state index in [0.29, 0.717) is 43.7 Å². The van der Waals surface area contributed by atoms with Crippen molar-refractivity contribution in [2.45, 2.75) is 24.5 Å². The number of anilines is 1. The minimum absolute atomic E-state index is 0.0109. The summed E-state index contributed by atoms with van der Waals surface area (Å²) in [6.45, 7) is 0.941. The van der Waals surface area contributed by atoms with Crippen LogP contribution in [0.4, 0.5) is 5.69 Å². The Kier molecular flexibility index (Phi) is 5.62. The van der Waals surface area contributed by atoms with Crippen LogP contribution in [0.15, 0.2) is 24.3 Å². The molecule has 1 aromatic rings. The third-order valence-corrected chi connectivity index (χ3v) is 5.10. The van der Waals surface area contributed by atoms with E-state index in [-0.39, 0.29) is 6.61 Å². The fourth-order valence-corrected chi connectivity index (χ4v) is 3.58. The van der Waals surface area contributed by atoms with Gasteiger partial charge in [0.2, 0.25) is 10.0 Å². The molecule has 0 unspecified atom stereocenters. The van der Waals surface area contributed by atoms with Crippen LogP contribution in [0.5, 0.6) is 0 Å². The fourth-order valence-electron chi connectivity index (χ4n) is 2.12. The Morgan fingerprint density at radius 2 is 2.00 bits per heavy atom. The monoisotopic (exact) mass is 309 g/mol. The molecular weight excluding hydrogens is 290 g/mol. The molecule has 6 heteroatoms. The molecule has 0 amide bonds. The van der Waals surface area contributed by atoms with Gasteiger partial charge in [-0.15, -0.1) is 0 Å². The van der Waals surface area contributed by atoms with Gasteiger partial charge < -0.3 is 9.84 Å². The van der Waals surface area contributed by atoms with Crippen LogP contribution in [-0.2, 0) is 14.8 Å². The van der Waals surface area contributed by atoms with Gasteiger partial charge in [0.15, 0.2) is 0 Å². The second kappa shape index (κ2) is 7.46. The molecule has 1 aliphatic rings. The number of para-hydroxylation sites is 1. The van der Waals surface area contributed by atoms with Crippen LogP contribution in [0.25, 0.3) is 0 Å². The van der Waals surface area contributed by atoms with Gasteiger partial charge in [0.25, 0.3) is 0 Å². The molecule has 21 heavy (non-hydrogen) atoms. The van der Waals surface area contributed by atoms with Gasteiger partial charge in [-0.05, 0) is 25.0 Å². The molecule has 1 aliphatic heterocycles. The summed E-state index contributed by atoms with van der Waals surface area (Å²) < 4.78 is 32.6. The average molecular weight is 309 g/mol. The highest BCUT2D eigenvalue weighted by Crippen LogP contribution is 2.21. The van der Waals surface area contributed by atoms with E-state index in [2.05, 4.69) is 16.6 Å². The summed E-state index contributed by atoms with van der Waals surface area (Å²) in [5.41, 5.74) is 1.09. The van der Waals surface area contributed by atoms with Crippen molar-refractivity contribution in [3.63, 3.8) is 0 Å². The maximum Gasteiger partial charge on any atom is 0.235 e. The first-order valence-corrected chi connectivity index (χ1v) is 8.46. The summed E-state index contributed by atoms with van der Waals surface area (Å²) >= 11 is 0. The van der Waals surface area contributed by atoms with Gasteiger partial charge in [0, 0.05) is 25.2 Å². The van der Waals surface area contributed by atoms with Crippen LogP contribution >= 0.6 is 0 Å². The molecule has 1 aromatic carbocycles. The maximum atomic E-state index is 12.4. The Morgan fingerprint density at radius 1 is 1.29 bits per heavy atom. The summed E-state index contributed by atoms with van der Waals surface area (Å²) in [6, 6.07) is 7.01. The Balaban J connectivity index is 2.17. The van der Waals surface area contributed by atoms with Crippen LogP contribution in [0.2, 0.25) is 0 Å². The van der Waals surface area contributed by atoms with Crippen molar-refractivity contribution < 1.29 is 18.3 Å². The van der Waals surface area contributed by atoms with E-state index in [0.717, 1.165) is 0 Å². The molecule has 0 aromatic heterocycles. The number of benzene rings is 1. The van der Waals surface area contributed by atoms with Gasteiger partial charge >= 0.3 is 0 Å². The van der Waals surface area contributed by atoms with Gasteiger partial charge in [-0.2, -0.15) is 0 Å². The van der Waals surface area contributed by atoms with E-state index >= 15 is 0 Å². The molecule has 0 bridgehead atoms. The Bertz CT molecular complexity index is 625. The van der Waals surface area contributed by atoms with Crippen molar-refractivity contribution in [1.29, 1.82) is 0 Å². The SMILES string of the molecule is O=S(=O)(Nc1ccccc1C#CCCO)C1CCOCC1. The molecule has 1 heterocycles. The number of aliphatic hydroxyl groups excluding tert-OH is 1. The van der Waals surface area contributed by atoms with Crippen molar-refractivity contribution in [2.75, 3.05) is 24.5 Å². The molecule has 0 spiro atoms. The quantitative estimate of drug-likeness (QED) is 0.823. The molecule has 0 atom stereocenters. The van der Waals surface area contributed by atoms with E-state index in [1.807, 2.05) is 0 Å². The summed E-state index contributed by atoms with van der Waals surface area (Å²) in [6.07, 6.45) is 1.38. The van der Waals surface area contributed by atoms with Gasteiger partial charge in [0.1, 0.15) is 0 Å². The predicted molar refractivity (Wildman–Crippen MR) is 81.4 cm³/mol. The van der Waals surface area contributed by atoms with Crippen LogP contribution in [0.3, 0.4) is 0 Å². The number of hydrogen-bond acceptors (Lipinski definition) is 4. The first-order chi connectivity index (χ1) is 10.1. The van der Waals surface area contributed by atoms with Gasteiger partial charge in [0.05, 0.1) is 17.5 Å². The van der Waals surface area contributed by atoms with Crippen LogP contribution < -0.4 is 4.72 Å². The lowest BCUT2D eigenvalue weighted by atomic mass is 10.2. The lowest BCUT2D eigenvalue weighted by Gasteiger charge is -2.23. The zero-order valence-corrected chi connectivity index (χ0v) is 12.5. The molecule has 0 aliphatic carbocycles. The molecule has 5 nitrogen and oxygen atoms in total. The lowest BCUT2D eigenvalue weighted by Crippen LogP contribution is -2.33. The smallest absolute Gasteiger partial charge is 0.235 e. The van der Waals surface area contributed by atoms with Crippen molar-refractivity contribution in [2.24, 2.45) is 0 Å². The summed E-state index contributed by atoms with van der Waals surface area (Å²) in [5, 5.41) is 8.32. The second-order valence-electron chi connectivity index (χ2n) is 4.78. The fraction of sp³-hybridized carbons (Fsp3) is 0.467. The molecule has 1 saturated heterocycles. The number of rotatable bonds is 4. The highest BCUT2D eigenvalue weighted by atomic mass is 32.2. The first kappa shape index (κ1) is 15.8. The first-order valence-electron chi connectivity index (χ1n) is 6.91. The zero-order valence-electron chi connectivity index (χ0n) is 11.7. The highest BCUT2D eigenvalue weighted by Gasteiger charge is 2.28. The Hall–Kier alpha value is -1.55. The maximum absolute atomic E-state index is 12.4. The van der Waals surface area contributed by atoms with E-state index in [4.69, 9.17) is 9.84 Å². The van der Waals surface area contributed by atoms with Crippen LogP contribution in [-0.4, -0.2) is 38.6 Å². The van der Waals surface area contributed by atoms with Gasteiger partial charge in [-0.25, -0.2) is 8.42 Å². The number of aliphatic hydroxyl groups is 1. The molecule has 0 saturated carbocycles. The number of nitrogens with one attached hydrogen (secondary N) is 1. The van der Waals surface area contributed by atoms with Crippen molar-refractivity contribution >= 4 is 15.7 Å². The third kappa shape index (κ3) is 4.46. The van der Waals surface area contributed by atoms with E-state index in [1.165, 1.54) is 0 Å². The number of sulfonamides is 1. The van der Waals surface area contributed by atoms with E-state index < -0.39 is 15.3 Å².